The van der Waals surface area contributed by atoms with Gasteiger partial charge < -0.3 is 14.8 Å². The van der Waals surface area contributed by atoms with Crippen molar-refractivity contribution in [3.8, 4) is 22.5 Å². The van der Waals surface area contributed by atoms with E-state index in [1.54, 1.807) is 4.68 Å². The first-order chi connectivity index (χ1) is 16.0. The van der Waals surface area contributed by atoms with Crippen molar-refractivity contribution < 1.29 is 4.79 Å². The van der Waals surface area contributed by atoms with E-state index in [1.165, 1.54) is 0 Å². The van der Waals surface area contributed by atoms with Gasteiger partial charge in [-0.3, -0.25) is 14.2 Å². The van der Waals surface area contributed by atoms with Crippen molar-refractivity contribution in [2.45, 2.75) is 32.4 Å². The number of nitrogens with zero attached hydrogens (tertiary/aromatic N) is 7. The number of aryl methyl sites for hydroxylation is 2. The number of amides is 1. The van der Waals surface area contributed by atoms with E-state index in [-0.39, 0.29) is 5.91 Å². The molecule has 0 unspecified atom stereocenters. The third-order valence-electron chi connectivity index (χ3n) is 6.94. The van der Waals surface area contributed by atoms with E-state index in [2.05, 4.69) is 33.2 Å². The van der Waals surface area contributed by atoms with Crippen LogP contribution < -0.4 is 5.32 Å². The predicted octanol–water partition coefficient (Wildman–Crippen LogP) is 2.28. The average Bonchev–Trinajstić information content (AvgIpc) is 3.47. The molecule has 6 rings (SSSR count). The molecule has 0 radical (unpaired) electrons. The Labute approximate surface area is 192 Å². The Morgan fingerprint density at radius 1 is 1.15 bits per heavy atom. The quantitative estimate of drug-likeness (QED) is 0.522. The molecule has 0 spiro atoms. The molecule has 4 aromatic rings. The monoisotopic (exact) mass is 444 g/mol. The fraction of sp³-hybridized carbons (Fsp3) is 0.417. The van der Waals surface area contributed by atoms with Gasteiger partial charge in [0.1, 0.15) is 11.5 Å². The molecule has 2 aliphatic heterocycles. The fourth-order valence-corrected chi connectivity index (χ4v) is 5.02. The van der Waals surface area contributed by atoms with Crippen LogP contribution in [0, 0.1) is 0 Å². The Bertz CT molecular complexity index is 1370. The van der Waals surface area contributed by atoms with Crippen LogP contribution in [0.2, 0.25) is 0 Å². The summed E-state index contributed by atoms with van der Waals surface area (Å²) in [5, 5.41) is 13.5. The molecule has 9 nitrogen and oxygen atoms in total. The number of rotatable bonds is 4. The third-order valence-corrected chi connectivity index (χ3v) is 6.94. The molecule has 0 aliphatic carbocycles. The van der Waals surface area contributed by atoms with Gasteiger partial charge >= 0.3 is 0 Å². The van der Waals surface area contributed by atoms with Gasteiger partial charge in [-0.15, -0.1) is 0 Å². The first kappa shape index (κ1) is 20.2. The van der Waals surface area contributed by atoms with Gasteiger partial charge in [0.15, 0.2) is 0 Å². The SMILES string of the molecule is CCC(=O)N1CCn2c(C3CNC3)nc(-c3ccc4c(c3)c(-c3cnn(C)c3)nn4C)c2C1. The maximum Gasteiger partial charge on any atom is 0.222 e. The van der Waals surface area contributed by atoms with Crippen LogP contribution in [0.5, 0.6) is 0 Å². The molecular weight excluding hydrogens is 416 g/mol. The van der Waals surface area contributed by atoms with Crippen molar-refractivity contribution in [1.82, 2.24) is 39.3 Å². The van der Waals surface area contributed by atoms with Crippen molar-refractivity contribution in [3.63, 3.8) is 0 Å². The van der Waals surface area contributed by atoms with Crippen LogP contribution in [0.1, 0.15) is 30.8 Å². The van der Waals surface area contributed by atoms with E-state index in [4.69, 9.17) is 10.1 Å². The van der Waals surface area contributed by atoms with E-state index in [9.17, 15) is 4.79 Å². The van der Waals surface area contributed by atoms with E-state index in [1.807, 2.05) is 43.0 Å². The minimum absolute atomic E-state index is 0.196. The summed E-state index contributed by atoms with van der Waals surface area (Å²) >= 11 is 0. The minimum atomic E-state index is 0.196. The van der Waals surface area contributed by atoms with Gasteiger partial charge in [-0.1, -0.05) is 13.0 Å². The normalized spacial score (nSPS) is 16.3. The summed E-state index contributed by atoms with van der Waals surface area (Å²) in [6.45, 7) is 6.00. The number of nitrogens with one attached hydrogen (secondary N) is 1. The molecule has 0 saturated carbocycles. The van der Waals surface area contributed by atoms with Gasteiger partial charge in [0.2, 0.25) is 5.91 Å². The smallest absolute Gasteiger partial charge is 0.222 e. The first-order valence-electron chi connectivity index (χ1n) is 11.6. The maximum absolute atomic E-state index is 12.5. The summed E-state index contributed by atoms with van der Waals surface area (Å²) in [4.78, 5) is 19.6. The van der Waals surface area contributed by atoms with Crippen LogP contribution in [0.15, 0.2) is 30.6 Å². The number of imidazole rings is 1. The number of aromatic nitrogens is 6. The number of hydrogen-bond donors (Lipinski definition) is 1. The number of benzene rings is 1. The van der Waals surface area contributed by atoms with Crippen molar-refractivity contribution in [1.29, 1.82) is 0 Å². The molecular formula is C24H28N8O. The van der Waals surface area contributed by atoms with Crippen molar-refractivity contribution in [2.24, 2.45) is 14.1 Å². The average molecular weight is 445 g/mol. The third kappa shape index (κ3) is 3.18. The van der Waals surface area contributed by atoms with Crippen LogP contribution in [0.4, 0.5) is 0 Å². The van der Waals surface area contributed by atoms with Crippen LogP contribution >= 0.6 is 0 Å². The summed E-state index contributed by atoms with van der Waals surface area (Å²) in [5.74, 6) is 1.77. The lowest BCUT2D eigenvalue weighted by Gasteiger charge is -2.32. The van der Waals surface area contributed by atoms with Gasteiger partial charge in [0.05, 0.1) is 29.6 Å². The number of fused-ring (bicyclic) bond motifs is 2. The molecule has 0 bridgehead atoms. The Morgan fingerprint density at radius 2 is 2.00 bits per heavy atom. The minimum Gasteiger partial charge on any atom is -0.335 e. The number of carbonyl (C=O) groups excluding carboxylic acids is 1. The largest absolute Gasteiger partial charge is 0.335 e. The highest BCUT2D eigenvalue weighted by atomic mass is 16.2. The molecule has 1 amide bonds. The molecule has 2 aliphatic rings. The second kappa shape index (κ2) is 7.55. The second-order valence-electron chi connectivity index (χ2n) is 9.05. The maximum atomic E-state index is 12.5. The zero-order valence-electron chi connectivity index (χ0n) is 19.2. The Hall–Kier alpha value is -3.46. The summed E-state index contributed by atoms with van der Waals surface area (Å²) < 4.78 is 6.07. The zero-order valence-corrected chi connectivity index (χ0v) is 19.2. The Balaban J connectivity index is 1.50. The highest BCUT2D eigenvalue weighted by molar-refractivity contribution is 5.95. The molecule has 1 N–H and O–H groups in total. The molecule has 1 aromatic carbocycles. The number of carbonyl (C=O) groups is 1. The van der Waals surface area contributed by atoms with Gasteiger partial charge in [0, 0.05) is 75.3 Å². The molecule has 1 saturated heterocycles. The molecule has 9 heteroatoms. The number of hydrogen-bond acceptors (Lipinski definition) is 5. The standard InChI is InChI=1S/C24H28N8O/c1-4-21(33)31-7-8-32-20(14-31)23(27-24(32)16-10-25-11-16)15-5-6-19-18(9-15)22(28-30(19)3)17-12-26-29(2)13-17/h5-6,9,12-13,16,25H,4,7-8,10-11,14H2,1-3H3. The van der Waals surface area contributed by atoms with E-state index < -0.39 is 0 Å². The summed E-state index contributed by atoms with van der Waals surface area (Å²) in [7, 11) is 3.88. The predicted molar refractivity (Wildman–Crippen MR) is 125 cm³/mol. The van der Waals surface area contributed by atoms with E-state index >= 15 is 0 Å². The summed E-state index contributed by atoms with van der Waals surface area (Å²) in [6.07, 6.45) is 4.37. The van der Waals surface area contributed by atoms with Crippen molar-refractivity contribution >= 4 is 16.8 Å². The Kier molecular flexibility index (Phi) is 4.62. The van der Waals surface area contributed by atoms with Crippen LogP contribution in [-0.2, 0) is 32.0 Å². The second-order valence-corrected chi connectivity index (χ2v) is 9.05. The van der Waals surface area contributed by atoms with Crippen molar-refractivity contribution in [2.75, 3.05) is 19.6 Å². The summed E-state index contributed by atoms with van der Waals surface area (Å²) in [5.41, 5.74) is 6.16. The highest BCUT2D eigenvalue weighted by Crippen LogP contribution is 2.35. The van der Waals surface area contributed by atoms with Gasteiger partial charge in [0.25, 0.3) is 0 Å². The zero-order chi connectivity index (χ0) is 22.7. The van der Waals surface area contributed by atoms with Crippen molar-refractivity contribution in [3.05, 3.63) is 42.1 Å². The molecule has 0 atom stereocenters. The van der Waals surface area contributed by atoms with E-state index in [0.29, 0.717) is 18.9 Å². The topological polar surface area (TPSA) is 85.8 Å². The molecule has 1 fully saturated rings. The first-order valence-corrected chi connectivity index (χ1v) is 11.6. The van der Waals surface area contributed by atoms with Gasteiger partial charge in [-0.25, -0.2) is 4.98 Å². The van der Waals surface area contributed by atoms with Crippen LogP contribution in [0.25, 0.3) is 33.4 Å². The van der Waals surface area contributed by atoms with E-state index in [0.717, 1.165) is 71.1 Å². The van der Waals surface area contributed by atoms with Crippen LogP contribution in [-0.4, -0.2) is 59.6 Å². The molecule has 3 aromatic heterocycles. The lowest BCUT2D eigenvalue weighted by atomic mass is 10.0. The highest BCUT2D eigenvalue weighted by Gasteiger charge is 2.32. The molecule has 33 heavy (non-hydrogen) atoms. The summed E-state index contributed by atoms with van der Waals surface area (Å²) in [6, 6.07) is 6.44. The fourth-order valence-electron chi connectivity index (χ4n) is 5.02. The molecule has 170 valence electrons. The lowest BCUT2D eigenvalue weighted by molar-refractivity contribution is -0.132. The lowest BCUT2D eigenvalue weighted by Crippen LogP contribution is -2.43. The van der Waals surface area contributed by atoms with Gasteiger partial charge in [-0.2, -0.15) is 10.2 Å². The van der Waals surface area contributed by atoms with Crippen LogP contribution in [0.3, 0.4) is 0 Å². The van der Waals surface area contributed by atoms with Gasteiger partial charge in [-0.05, 0) is 12.1 Å². The Morgan fingerprint density at radius 3 is 2.70 bits per heavy atom. The molecule has 5 heterocycles.